The smallest absolute Gasteiger partial charge is 0.241 e. The van der Waals surface area contributed by atoms with Crippen LogP contribution in [0.2, 0.25) is 0 Å². The van der Waals surface area contributed by atoms with Crippen LogP contribution in [0, 0.1) is 6.92 Å². The zero-order chi connectivity index (χ0) is 18.1. The minimum atomic E-state index is -3.55. The quantitative estimate of drug-likeness (QED) is 0.850. The van der Waals surface area contributed by atoms with Crippen LogP contribution in [-0.4, -0.2) is 44.4 Å². The van der Waals surface area contributed by atoms with Crippen molar-refractivity contribution in [2.75, 3.05) is 12.4 Å². The number of likely N-dealkylation sites (tertiary alicyclic amines) is 1. The van der Waals surface area contributed by atoms with Gasteiger partial charge < -0.3 is 5.32 Å². The van der Waals surface area contributed by atoms with Gasteiger partial charge in [-0.15, -0.1) is 0 Å². The molecule has 1 aliphatic rings. The largest absolute Gasteiger partial charge is 0.325 e. The van der Waals surface area contributed by atoms with E-state index < -0.39 is 10.0 Å². The van der Waals surface area contributed by atoms with E-state index in [9.17, 15) is 13.2 Å². The van der Waals surface area contributed by atoms with Gasteiger partial charge in [-0.3, -0.25) is 9.69 Å². The van der Waals surface area contributed by atoms with Crippen molar-refractivity contribution in [1.29, 1.82) is 0 Å². The van der Waals surface area contributed by atoms with E-state index in [4.69, 9.17) is 0 Å². The molecule has 0 unspecified atom stereocenters. The molecule has 1 fully saturated rings. The Kier molecular flexibility index (Phi) is 5.67. The first kappa shape index (κ1) is 18.9. The van der Waals surface area contributed by atoms with Gasteiger partial charge in [-0.1, -0.05) is 6.07 Å². The highest BCUT2D eigenvalue weighted by molar-refractivity contribution is 7.89. The summed E-state index contributed by atoms with van der Waals surface area (Å²) in [6.45, 7) is 7.90. The summed E-state index contributed by atoms with van der Waals surface area (Å²) < 4.78 is 26.4. The summed E-state index contributed by atoms with van der Waals surface area (Å²) in [5, 5.41) is 2.85. The van der Waals surface area contributed by atoms with Crippen molar-refractivity contribution in [1.82, 2.24) is 9.62 Å². The second-order valence-corrected chi connectivity index (χ2v) is 8.43. The Labute approximate surface area is 144 Å². The maximum absolute atomic E-state index is 12.6. The topological polar surface area (TPSA) is 78.5 Å². The third-order valence-electron chi connectivity index (χ3n) is 4.86. The molecule has 3 atom stereocenters. The van der Waals surface area contributed by atoms with Gasteiger partial charge in [-0.25, -0.2) is 13.1 Å². The second kappa shape index (κ2) is 7.21. The first-order chi connectivity index (χ1) is 11.2. The van der Waals surface area contributed by atoms with Gasteiger partial charge in [0.1, 0.15) is 0 Å². The van der Waals surface area contributed by atoms with E-state index in [1.54, 1.807) is 19.1 Å². The molecule has 2 rings (SSSR count). The summed E-state index contributed by atoms with van der Waals surface area (Å²) in [6.07, 6.45) is 2.18. The average Bonchev–Trinajstić information content (AvgIpc) is 2.87. The minimum absolute atomic E-state index is 0.118. The number of carbonyl (C=O) groups excluding carboxylic acids is 1. The van der Waals surface area contributed by atoms with Crippen LogP contribution in [0.5, 0.6) is 0 Å². The van der Waals surface area contributed by atoms with Crippen molar-refractivity contribution in [2.24, 2.45) is 0 Å². The number of sulfonamides is 1. The van der Waals surface area contributed by atoms with Gasteiger partial charge >= 0.3 is 0 Å². The first-order valence-corrected chi connectivity index (χ1v) is 9.78. The fourth-order valence-corrected chi connectivity index (χ4v) is 4.43. The SMILES string of the molecule is CNS(=O)(=O)c1cc(NC(=O)[C@@H](C)N2[C@H](C)CC[C@@H]2C)ccc1C. The van der Waals surface area contributed by atoms with Gasteiger partial charge in [-0.05, 0) is 65.3 Å². The van der Waals surface area contributed by atoms with E-state index >= 15 is 0 Å². The summed E-state index contributed by atoms with van der Waals surface area (Å²) in [4.78, 5) is 15.0. The molecule has 1 saturated heterocycles. The maximum atomic E-state index is 12.6. The van der Waals surface area contributed by atoms with Crippen molar-refractivity contribution in [3.8, 4) is 0 Å². The predicted octanol–water partition coefficient (Wildman–Crippen LogP) is 2.10. The number of nitrogens with zero attached hydrogens (tertiary/aromatic N) is 1. The van der Waals surface area contributed by atoms with Gasteiger partial charge in [0.15, 0.2) is 0 Å². The van der Waals surface area contributed by atoms with Crippen LogP contribution < -0.4 is 10.0 Å². The summed E-state index contributed by atoms with van der Waals surface area (Å²) in [7, 11) is -2.18. The summed E-state index contributed by atoms with van der Waals surface area (Å²) in [5.41, 5.74) is 1.13. The Morgan fingerprint density at radius 2 is 1.83 bits per heavy atom. The number of nitrogens with one attached hydrogen (secondary N) is 2. The molecule has 7 heteroatoms. The monoisotopic (exact) mass is 353 g/mol. The van der Waals surface area contributed by atoms with Crippen LogP contribution in [0.15, 0.2) is 23.1 Å². The fraction of sp³-hybridized carbons (Fsp3) is 0.588. The van der Waals surface area contributed by atoms with Crippen molar-refractivity contribution in [3.63, 3.8) is 0 Å². The molecule has 0 saturated carbocycles. The standard InChI is InChI=1S/C17H27N3O3S/c1-11-6-9-15(10-16(11)24(22,23)18-5)19-17(21)14(4)20-12(2)7-8-13(20)3/h6,9-10,12-14,18H,7-8H2,1-5H3,(H,19,21)/t12-,13+,14-/m1/s1. The second-order valence-electron chi connectivity index (χ2n) is 6.58. The van der Waals surface area contributed by atoms with Gasteiger partial charge in [0.05, 0.1) is 10.9 Å². The average molecular weight is 353 g/mol. The maximum Gasteiger partial charge on any atom is 0.241 e. The van der Waals surface area contributed by atoms with Crippen LogP contribution in [0.3, 0.4) is 0 Å². The third-order valence-corrected chi connectivity index (χ3v) is 6.42. The Hall–Kier alpha value is -1.44. The lowest BCUT2D eigenvalue weighted by Crippen LogP contribution is -2.46. The first-order valence-electron chi connectivity index (χ1n) is 8.30. The molecule has 0 aliphatic carbocycles. The molecule has 2 N–H and O–H groups in total. The van der Waals surface area contributed by atoms with Crippen LogP contribution in [-0.2, 0) is 14.8 Å². The van der Waals surface area contributed by atoms with E-state index in [1.807, 2.05) is 6.92 Å². The Balaban J connectivity index is 2.19. The molecule has 0 radical (unpaired) electrons. The molecule has 1 aromatic carbocycles. The summed E-state index contributed by atoms with van der Waals surface area (Å²) in [5.74, 6) is -0.118. The molecule has 0 aromatic heterocycles. The molecular weight excluding hydrogens is 326 g/mol. The molecule has 1 heterocycles. The fourth-order valence-electron chi connectivity index (χ4n) is 3.44. The van der Waals surface area contributed by atoms with Crippen molar-refractivity contribution in [3.05, 3.63) is 23.8 Å². The number of hydrogen-bond donors (Lipinski definition) is 2. The zero-order valence-electron chi connectivity index (χ0n) is 15.0. The molecule has 0 spiro atoms. The number of amides is 1. The van der Waals surface area contributed by atoms with Gasteiger partial charge in [0.2, 0.25) is 15.9 Å². The number of anilines is 1. The van der Waals surface area contributed by atoms with E-state index in [1.165, 1.54) is 13.1 Å². The highest BCUT2D eigenvalue weighted by Gasteiger charge is 2.34. The lowest BCUT2D eigenvalue weighted by Gasteiger charge is -2.31. The number of hydrogen-bond acceptors (Lipinski definition) is 4. The van der Waals surface area contributed by atoms with E-state index in [0.717, 1.165) is 12.8 Å². The molecule has 1 amide bonds. The normalized spacial score (nSPS) is 23.2. The highest BCUT2D eigenvalue weighted by atomic mass is 32.2. The van der Waals surface area contributed by atoms with Crippen molar-refractivity contribution in [2.45, 2.75) is 63.6 Å². The molecule has 6 nitrogen and oxygen atoms in total. The lowest BCUT2D eigenvalue weighted by molar-refractivity contribution is -0.121. The van der Waals surface area contributed by atoms with Crippen LogP contribution >= 0.6 is 0 Å². The molecule has 134 valence electrons. The summed E-state index contributed by atoms with van der Waals surface area (Å²) >= 11 is 0. The zero-order valence-corrected chi connectivity index (χ0v) is 15.8. The molecule has 24 heavy (non-hydrogen) atoms. The summed E-state index contributed by atoms with van der Waals surface area (Å²) in [6, 6.07) is 5.42. The van der Waals surface area contributed by atoms with E-state index in [-0.39, 0.29) is 16.8 Å². The van der Waals surface area contributed by atoms with Gasteiger partial charge in [-0.2, -0.15) is 0 Å². The molecule has 1 aliphatic heterocycles. The van der Waals surface area contributed by atoms with E-state index in [2.05, 4.69) is 28.8 Å². The number of aryl methyl sites for hydroxylation is 1. The number of carbonyl (C=O) groups is 1. The highest BCUT2D eigenvalue weighted by Crippen LogP contribution is 2.27. The van der Waals surface area contributed by atoms with Crippen LogP contribution in [0.4, 0.5) is 5.69 Å². The molecule has 0 bridgehead atoms. The Morgan fingerprint density at radius 3 is 2.38 bits per heavy atom. The predicted molar refractivity (Wildman–Crippen MR) is 95.5 cm³/mol. The molecular formula is C17H27N3O3S. The minimum Gasteiger partial charge on any atom is -0.325 e. The number of rotatable bonds is 5. The Bertz CT molecular complexity index is 708. The van der Waals surface area contributed by atoms with Gasteiger partial charge in [0, 0.05) is 17.8 Å². The van der Waals surface area contributed by atoms with E-state index in [0.29, 0.717) is 23.3 Å². The third kappa shape index (κ3) is 3.79. The van der Waals surface area contributed by atoms with Crippen molar-refractivity contribution >= 4 is 21.6 Å². The van der Waals surface area contributed by atoms with Crippen molar-refractivity contribution < 1.29 is 13.2 Å². The Morgan fingerprint density at radius 1 is 1.25 bits per heavy atom. The molecule has 1 aromatic rings. The van der Waals surface area contributed by atoms with Gasteiger partial charge in [0.25, 0.3) is 0 Å². The van der Waals surface area contributed by atoms with Crippen LogP contribution in [0.1, 0.15) is 39.2 Å². The number of benzene rings is 1. The lowest BCUT2D eigenvalue weighted by atomic mass is 10.2. The van der Waals surface area contributed by atoms with Crippen LogP contribution in [0.25, 0.3) is 0 Å².